The van der Waals surface area contributed by atoms with Gasteiger partial charge in [-0.15, -0.1) is 0 Å². The van der Waals surface area contributed by atoms with Gasteiger partial charge in [-0.3, -0.25) is 4.79 Å². The summed E-state index contributed by atoms with van der Waals surface area (Å²) in [5.74, 6) is 0.0515. The van der Waals surface area contributed by atoms with Crippen LogP contribution in [0, 0.1) is 13.8 Å². The molecule has 1 aliphatic heterocycles. The minimum atomic E-state index is 0.0515. The van der Waals surface area contributed by atoms with Crippen LogP contribution in [-0.2, 0) is 9.53 Å². The van der Waals surface area contributed by atoms with Crippen molar-refractivity contribution in [2.75, 3.05) is 11.9 Å². The summed E-state index contributed by atoms with van der Waals surface area (Å²) in [4.78, 5) is 12.0. The Labute approximate surface area is 109 Å². The molecule has 1 aromatic carbocycles. The fourth-order valence-corrected chi connectivity index (χ4v) is 2.25. The van der Waals surface area contributed by atoms with Gasteiger partial charge in [-0.2, -0.15) is 0 Å². The number of rotatable bonds is 3. The van der Waals surface area contributed by atoms with E-state index in [1.165, 1.54) is 6.42 Å². The zero-order valence-corrected chi connectivity index (χ0v) is 11.2. The average molecular weight is 247 g/mol. The molecule has 1 amide bonds. The lowest BCUT2D eigenvalue weighted by atomic mass is 10.1. The first-order valence-corrected chi connectivity index (χ1v) is 6.64. The third-order valence-electron chi connectivity index (χ3n) is 3.35. The first-order valence-electron chi connectivity index (χ1n) is 6.64. The predicted octanol–water partition coefficient (Wildman–Crippen LogP) is 3.20. The van der Waals surface area contributed by atoms with E-state index in [0.717, 1.165) is 36.3 Å². The summed E-state index contributed by atoms with van der Waals surface area (Å²) in [6.45, 7) is 4.83. The van der Waals surface area contributed by atoms with Crippen LogP contribution in [0.15, 0.2) is 18.2 Å². The van der Waals surface area contributed by atoms with Crippen molar-refractivity contribution in [1.29, 1.82) is 0 Å². The number of amides is 1. The van der Waals surface area contributed by atoms with Crippen LogP contribution in [0.3, 0.4) is 0 Å². The molecule has 18 heavy (non-hydrogen) atoms. The molecule has 1 heterocycles. The van der Waals surface area contributed by atoms with E-state index in [-0.39, 0.29) is 12.0 Å². The number of aryl methyl sites for hydroxylation is 2. The number of hydrogen-bond donors (Lipinski definition) is 1. The molecule has 3 nitrogen and oxygen atoms in total. The van der Waals surface area contributed by atoms with Gasteiger partial charge in [0, 0.05) is 12.3 Å². The fourth-order valence-electron chi connectivity index (χ4n) is 2.25. The largest absolute Gasteiger partial charge is 0.378 e. The minimum absolute atomic E-state index is 0.0515. The molecule has 1 fully saturated rings. The van der Waals surface area contributed by atoms with Gasteiger partial charge in [0.2, 0.25) is 5.91 Å². The third kappa shape index (κ3) is 3.57. The smallest absolute Gasteiger partial charge is 0.226 e. The molecule has 1 unspecified atom stereocenters. The lowest BCUT2D eigenvalue weighted by Crippen LogP contribution is -2.25. The van der Waals surface area contributed by atoms with E-state index in [1.807, 2.05) is 26.0 Å². The first kappa shape index (κ1) is 13.1. The zero-order chi connectivity index (χ0) is 13.0. The second-order valence-corrected chi connectivity index (χ2v) is 5.06. The van der Waals surface area contributed by atoms with Gasteiger partial charge in [-0.25, -0.2) is 0 Å². The van der Waals surface area contributed by atoms with E-state index in [1.54, 1.807) is 0 Å². The number of hydrogen-bond acceptors (Lipinski definition) is 2. The van der Waals surface area contributed by atoms with Crippen LogP contribution in [0.2, 0.25) is 0 Å². The molecule has 0 bridgehead atoms. The van der Waals surface area contributed by atoms with Gasteiger partial charge in [0.15, 0.2) is 0 Å². The molecule has 0 saturated carbocycles. The number of ether oxygens (including phenoxy) is 1. The number of carbonyl (C=O) groups is 1. The molecule has 1 atom stereocenters. The molecule has 1 aromatic rings. The van der Waals surface area contributed by atoms with E-state index in [0.29, 0.717) is 6.42 Å². The maximum absolute atomic E-state index is 12.0. The molecule has 1 aliphatic rings. The van der Waals surface area contributed by atoms with Gasteiger partial charge in [0.1, 0.15) is 0 Å². The molecule has 0 aromatic heterocycles. The standard InChI is InChI=1S/C15H21NO2/c1-11-6-7-12(2)14(9-11)16-15(17)10-13-5-3-4-8-18-13/h6-7,9,13H,3-5,8,10H2,1-2H3,(H,16,17). The highest BCUT2D eigenvalue weighted by atomic mass is 16.5. The Morgan fingerprint density at radius 2 is 2.22 bits per heavy atom. The van der Waals surface area contributed by atoms with Crippen molar-refractivity contribution in [3.8, 4) is 0 Å². The van der Waals surface area contributed by atoms with Crippen LogP contribution in [-0.4, -0.2) is 18.6 Å². The molecular weight excluding hydrogens is 226 g/mol. The van der Waals surface area contributed by atoms with Crippen LogP contribution in [0.4, 0.5) is 5.69 Å². The predicted molar refractivity (Wildman–Crippen MR) is 72.8 cm³/mol. The molecular formula is C15H21NO2. The highest BCUT2D eigenvalue weighted by Crippen LogP contribution is 2.19. The second-order valence-electron chi connectivity index (χ2n) is 5.06. The van der Waals surface area contributed by atoms with E-state index in [9.17, 15) is 4.79 Å². The van der Waals surface area contributed by atoms with Gasteiger partial charge >= 0.3 is 0 Å². The Morgan fingerprint density at radius 3 is 2.94 bits per heavy atom. The van der Waals surface area contributed by atoms with Gasteiger partial charge in [0.25, 0.3) is 0 Å². The zero-order valence-electron chi connectivity index (χ0n) is 11.2. The van der Waals surface area contributed by atoms with E-state index >= 15 is 0 Å². The fraction of sp³-hybridized carbons (Fsp3) is 0.533. The lowest BCUT2D eigenvalue weighted by Gasteiger charge is -2.22. The summed E-state index contributed by atoms with van der Waals surface area (Å²) in [6, 6.07) is 6.09. The van der Waals surface area contributed by atoms with Crippen molar-refractivity contribution in [2.24, 2.45) is 0 Å². The van der Waals surface area contributed by atoms with E-state index in [2.05, 4.69) is 11.4 Å². The van der Waals surface area contributed by atoms with Gasteiger partial charge in [-0.05, 0) is 50.3 Å². The maximum Gasteiger partial charge on any atom is 0.226 e. The van der Waals surface area contributed by atoms with Crippen molar-refractivity contribution in [3.05, 3.63) is 29.3 Å². The Kier molecular flexibility index (Phi) is 4.37. The summed E-state index contributed by atoms with van der Waals surface area (Å²) >= 11 is 0. The van der Waals surface area contributed by atoms with Gasteiger partial charge < -0.3 is 10.1 Å². The lowest BCUT2D eigenvalue weighted by molar-refractivity contribution is -0.119. The topological polar surface area (TPSA) is 38.3 Å². The molecule has 0 aliphatic carbocycles. The normalized spacial score (nSPS) is 19.6. The van der Waals surface area contributed by atoms with Gasteiger partial charge in [0.05, 0.1) is 12.5 Å². The molecule has 0 spiro atoms. The molecule has 0 radical (unpaired) electrons. The summed E-state index contributed by atoms with van der Waals surface area (Å²) in [6.07, 6.45) is 3.85. The summed E-state index contributed by atoms with van der Waals surface area (Å²) in [5.41, 5.74) is 3.17. The quantitative estimate of drug-likeness (QED) is 0.890. The van der Waals surface area contributed by atoms with Crippen molar-refractivity contribution in [2.45, 2.75) is 45.6 Å². The summed E-state index contributed by atoms with van der Waals surface area (Å²) in [7, 11) is 0. The first-order chi connectivity index (χ1) is 8.65. The summed E-state index contributed by atoms with van der Waals surface area (Å²) < 4.78 is 5.58. The number of anilines is 1. The number of carbonyl (C=O) groups excluding carboxylic acids is 1. The average Bonchev–Trinajstić information content (AvgIpc) is 2.35. The molecule has 98 valence electrons. The van der Waals surface area contributed by atoms with Crippen molar-refractivity contribution in [3.63, 3.8) is 0 Å². The Bertz CT molecular complexity index is 423. The molecule has 2 rings (SSSR count). The minimum Gasteiger partial charge on any atom is -0.378 e. The molecule has 3 heteroatoms. The summed E-state index contributed by atoms with van der Waals surface area (Å²) in [5, 5.41) is 2.98. The van der Waals surface area contributed by atoms with Crippen molar-refractivity contribution in [1.82, 2.24) is 0 Å². The Morgan fingerprint density at radius 1 is 1.39 bits per heavy atom. The Hall–Kier alpha value is -1.35. The maximum atomic E-state index is 12.0. The highest BCUT2D eigenvalue weighted by molar-refractivity contribution is 5.91. The number of benzene rings is 1. The SMILES string of the molecule is Cc1ccc(C)c(NC(=O)CC2CCCCO2)c1. The van der Waals surface area contributed by atoms with Crippen LogP contribution in [0.1, 0.15) is 36.8 Å². The van der Waals surface area contributed by atoms with Gasteiger partial charge in [-0.1, -0.05) is 12.1 Å². The highest BCUT2D eigenvalue weighted by Gasteiger charge is 2.17. The van der Waals surface area contributed by atoms with Crippen LogP contribution in [0.5, 0.6) is 0 Å². The molecule has 1 N–H and O–H groups in total. The van der Waals surface area contributed by atoms with Crippen molar-refractivity contribution >= 4 is 11.6 Å². The third-order valence-corrected chi connectivity index (χ3v) is 3.35. The van der Waals surface area contributed by atoms with E-state index in [4.69, 9.17) is 4.74 Å². The van der Waals surface area contributed by atoms with Crippen LogP contribution in [0.25, 0.3) is 0 Å². The monoisotopic (exact) mass is 247 g/mol. The van der Waals surface area contributed by atoms with Crippen molar-refractivity contribution < 1.29 is 9.53 Å². The Balaban J connectivity index is 1.92. The van der Waals surface area contributed by atoms with Crippen LogP contribution < -0.4 is 5.32 Å². The second kappa shape index (κ2) is 6.01. The number of nitrogens with one attached hydrogen (secondary N) is 1. The van der Waals surface area contributed by atoms with Crippen LogP contribution >= 0.6 is 0 Å². The van der Waals surface area contributed by atoms with E-state index < -0.39 is 0 Å². The molecule has 1 saturated heterocycles.